The Kier molecular flexibility index (Phi) is 4.07. The molecule has 2 aromatic carbocycles. The molecule has 0 spiro atoms. The van der Waals surface area contributed by atoms with Crippen LogP contribution in [0.25, 0.3) is 0 Å². The maximum absolute atomic E-state index is 12.7. The monoisotopic (exact) mass is 294 g/mol. The number of ketones is 1. The van der Waals surface area contributed by atoms with Crippen LogP contribution in [0.4, 0.5) is 4.39 Å². The van der Waals surface area contributed by atoms with E-state index in [1.165, 1.54) is 16.6 Å². The number of hydrogen-bond acceptors (Lipinski definition) is 1. The summed E-state index contributed by atoms with van der Waals surface area (Å²) < 4.78 is 13.9. The third kappa shape index (κ3) is 3.52. The van der Waals surface area contributed by atoms with E-state index < -0.39 is 0 Å². The summed E-state index contributed by atoms with van der Waals surface area (Å²) in [4.78, 5) is 11.8. The zero-order chi connectivity index (χ0) is 12.1. The van der Waals surface area contributed by atoms with E-state index in [2.05, 4.69) is 0 Å². The minimum absolute atomic E-state index is 0.0776. The summed E-state index contributed by atoms with van der Waals surface area (Å²) in [6, 6.07) is 15.7. The van der Waals surface area contributed by atoms with Gasteiger partial charge in [-0.3, -0.25) is 0 Å². The van der Waals surface area contributed by atoms with E-state index in [0.717, 1.165) is 0 Å². The molecule has 0 aliphatic heterocycles. The molecule has 0 aromatic heterocycles. The third-order valence-electron chi connectivity index (χ3n) is 2.28. The Morgan fingerprint density at radius 2 is 1.65 bits per heavy atom. The fraction of sp³-hybridized carbons (Fsp3) is 0.0714. The van der Waals surface area contributed by atoms with Crippen molar-refractivity contribution in [3.05, 3.63) is 66.0 Å². The molecule has 0 saturated heterocycles. The molecule has 0 aliphatic carbocycles. The SMILES string of the molecule is O=C(C[Se]c1ccccc1)c1ccc(F)cc1. The standard InChI is InChI=1S/C14H11FOSe/c15-12-8-6-11(7-9-12)14(16)10-17-13-4-2-1-3-5-13/h1-9H,10H2. The van der Waals surface area contributed by atoms with Crippen LogP contribution in [0.2, 0.25) is 5.32 Å². The normalized spacial score (nSPS) is 10.2. The van der Waals surface area contributed by atoms with Crippen LogP contribution in [0.15, 0.2) is 54.6 Å². The first-order valence-corrected chi connectivity index (χ1v) is 7.29. The summed E-state index contributed by atoms with van der Waals surface area (Å²) in [5, 5.41) is 0.517. The molecule has 2 aromatic rings. The first kappa shape index (κ1) is 12.0. The number of halogens is 1. The van der Waals surface area contributed by atoms with Gasteiger partial charge in [0.15, 0.2) is 0 Å². The van der Waals surface area contributed by atoms with Gasteiger partial charge in [-0.2, -0.15) is 0 Å². The molecule has 0 fully saturated rings. The molecule has 2 rings (SSSR count). The van der Waals surface area contributed by atoms with Crippen molar-refractivity contribution in [1.82, 2.24) is 0 Å². The fourth-order valence-electron chi connectivity index (χ4n) is 1.38. The second kappa shape index (κ2) is 5.76. The van der Waals surface area contributed by atoms with Crippen molar-refractivity contribution in [3.63, 3.8) is 0 Å². The van der Waals surface area contributed by atoms with Gasteiger partial charge in [-0.1, -0.05) is 0 Å². The van der Waals surface area contributed by atoms with Crippen LogP contribution < -0.4 is 4.46 Å². The Morgan fingerprint density at radius 1 is 1.00 bits per heavy atom. The molecule has 0 unspecified atom stereocenters. The summed E-state index contributed by atoms with van der Waals surface area (Å²) >= 11 is 0.146. The second-order valence-corrected chi connectivity index (χ2v) is 5.73. The van der Waals surface area contributed by atoms with Gasteiger partial charge in [-0.05, 0) is 0 Å². The third-order valence-corrected chi connectivity index (χ3v) is 4.40. The molecule has 0 heterocycles. The zero-order valence-electron chi connectivity index (χ0n) is 9.10. The van der Waals surface area contributed by atoms with Crippen molar-refractivity contribution in [2.24, 2.45) is 0 Å². The molecule has 0 saturated carbocycles. The predicted octanol–water partition coefficient (Wildman–Crippen LogP) is 2.46. The van der Waals surface area contributed by atoms with Crippen LogP contribution in [-0.2, 0) is 0 Å². The van der Waals surface area contributed by atoms with Crippen molar-refractivity contribution in [1.29, 1.82) is 0 Å². The number of carbonyl (C=O) groups is 1. The van der Waals surface area contributed by atoms with Crippen molar-refractivity contribution in [2.75, 3.05) is 0 Å². The molecule has 0 atom stereocenters. The predicted molar refractivity (Wildman–Crippen MR) is 67.4 cm³/mol. The van der Waals surface area contributed by atoms with Gasteiger partial charge in [-0.25, -0.2) is 0 Å². The summed E-state index contributed by atoms with van der Waals surface area (Å²) in [5.74, 6) is -0.232. The van der Waals surface area contributed by atoms with E-state index in [0.29, 0.717) is 10.9 Å². The average Bonchev–Trinajstić information content (AvgIpc) is 2.38. The van der Waals surface area contributed by atoms with Gasteiger partial charge in [0.05, 0.1) is 0 Å². The Balaban J connectivity index is 1.96. The van der Waals surface area contributed by atoms with Gasteiger partial charge in [0.25, 0.3) is 0 Å². The molecule has 86 valence electrons. The van der Waals surface area contributed by atoms with Crippen LogP contribution in [0.1, 0.15) is 10.4 Å². The summed E-state index contributed by atoms with van der Waals surface area (Å²) in [6.45, 7) is 0. The number of benzene rings is 2. The number of Topliss-reactive ketones (excluding diaryl/α,β-unsaturated/α-hetero) is 1. The Bertz CT molecular complexity index is 493. The topological polar surface area (TPSA) is 17.1 Å². The van der Waals surface area contributed by atoms with Gasteiger partial charge in [0.2, 0.25) is 0 Å². The number of carbonyl (C=O) groups excluding carboxylic acids is 1. The molecule has 17 heavy (non-hydrogen) atoms. The minimum atomic E-state index is -0.310. The van der Waals surface area contributed by atoms with E-state index in [9.17, 15) is 9.18 Å². The van der Waals surface area contributed by atoms with Crippen molar-refractivity contribution < 1.29 is 9.18 Å². The molecule has 0 amide bonds. The maximum atomic E-state index is 12.7. The Hall–Kier alpha value is -1.44. The van der Waals surface area contributed by atoms with Crippen LogP contribution in [0.3, 0.4) is 0 Å². The van der Waals surface area contributed by atoms with E-state index >= 15 is 0 Å². The van der Waals surface area contributed by atoms with Crippen LogP contribution in [-0.4, -0.2) is 20.7 Å². The van der Waals surface area contributed by atoms with Gasteiger partial charge in [0.1, 0.15) is 0 Å². The Labute approximate surface area is 106 Å². The molecule has 0 N–H and O–H groups in total. The molecular formula is C14H11FOSe. The van der Waals surface area contributed by atoms with Crippen molar-refractivity contribution >= 4 is 25.2 Å². The number of rotatable bonds is 4. The van der Waals surface area contributed by atoms with E-state index in [1.54, 1.807) is 12.1 Å². The summed E-state index contributed by atoms with van der Waals surface area (Å²) in [5.41, 5.74) is 0.587. The van der Waals surface area contributed by atoms with Gasteiger partial charge in [0, 0.05) is 0 Å². The van der Waals surface area contributed by atoms with Gasteiger partial charge < -0.3 is 0 Å². The first-order valence-electron chi connectivity index (χ1n) is 5.22. The molecular weight excluding hydrogens is 282 g/mol. The van der Waals surface area contributed by atoms with Crippen LogP contribution in [0, 0.1) is 5.82 Å². The average molecular weight is 293 g/mol. The molecule has 1 nitrogen and oxygen atoms in total. The first-order chi connectivity index (χ1) is 8.25. The van der Waals surface area contributed by atoms with E-state index in [1.807, 2.05) is 30.3 Å². The van der Waals surface area contributed by atoms with Crippen molar-refractivity contribution in [2.45, 2.75) is 5.32 Å². The van der Waals surface area contributed by atoms with Crippen molar-refractivity contribution in [3.8, 4) is 0 Å². The van der Waals surface area contributed by atoms with Crippen LogP contribution in [0.5, 0.6) is 0 Å². The van der Waals surface area contributed by atoms with Gasteiger partial charge >= 0.3 is 106 Å². The molecule has 0 aliphatic rings. The number of hydrogen-bond donors (Lipinski definition) is 0. The van der Waals surface area contributed by atoms with Crippen LogP contribution >= 0.6 is 0 Å². The van der Waals surface area contributed by atoms with E-state index in [4.69, 9.17) is 0 Å². The second-order valence-electron chi connectivity index (χ2n) is 3.53. The Morgan fingerprint density at radius 3 is 2.29 bits per heavy atom. The molecule has 0 radical (unpaired) electrons. The fourth-order valence-corrected chi connectivity index (χ4v) is 3.09. The van der Waals surface area contributed by atoms with Gasteiger partial charge in [-0.15, -0.1) is 0 Å². The molecule has 0 bridgehead atoms. The van der Waals surface area contributed by atoms with E-state index in [-0.39, 0.29) is 26.6 Å². The summed E-state index contributed by atoms with van der Waals surface area (Å²) in [7, 11) is 0. The quantitative estimate of drug-likeness (QED) is 0.625. The summed E-state index contributed by atoms with van der Waals surface area (Å²) in [6.07, 6.45) is 0. The zero-order valence-corrected chi connectivity index (χ0v) is 10.8. The molecule has 3 heteroatoms.